The van der Waals surface area contributed by atoms with Crippen LogP contribution in [0.25, 0.3) is 0 Å². The summed E-state index contributed by atoms with van der Waals surface area (Å²) < 4.78 is 7.90. The van der Waals surface area contributed by atoms with E-state index in [0.29, 0.717) is 11.3 Å². The maximum absolute atomic E-state index is 12.8. The molecule has 3 rings (SSSR count). The molecule has 5 nitrogen and oxygen atoms in total. The number of pyridine rings is 1. The minimum absolute atomic E-state index is 0.0356. The summed E-state index contributed by atoms with van der Waals surface area (Å²) in [5, 5.41) is 9.53. The van der Waals surface area contributed by atoms with Crippen LogP contribution in [-0.2, 0) is 7.05 Å². The van der Waals surface area contributed by atoms with Crippen molar-refractivity contribution < 1.29 is 4.74 Å². The van der Waals surface area contributed by atoms with E-state index in [4.69, 9.17) is 10.5 Å². The van der Waals surface area contributed by atoms with Crippen molar-refractivity contribution in [3.8, 4) is 11.8 Å². The van der Waals surface area contributed by atoms with Gasteiger partial charge in [-0.3, -0.25) is 4.79 Å². The Morgan fingerprint density at radius 3 is 2.74 bits per heavy atom. The minimum atomic E-state index is -0.557. The van der Waals surface area contributed by atoms with Crippen LogP contribution in [0.2, 0.25) is 0 Å². The maximum atomic E-state index is 12.8. The molecule has 2 aromatic rings. The number of ether oxygens (including phenoxy) is 1. The predicted molar refractivity (Wildman–Crippen MR) is 89.9 cm³/mol. The van der Waals surface area contributed by atoms with Gasteiger partial charge in [0.05, 0.1) is 11.5 Å². The number of nitrogens with zero attached hydrogens (tertiary/aromatic N) is 2. The summed E-state index contributed by atoms with van der Waals surface area (Å²) in [7, 11) is 1.70. The molecule has 0 fully saturated rings. The summed E-state index contributed by atoms with van der Waals surface area (Å²) in [4.78, 5) is 12.8. The van der Waals surface area contributed by atoms with Gasteiger partial charge in [0.1, 0.15) is 17.4 Å². The SMILES string of the molecule is Cc1cc2c(c(=O)n1C)[C@H](c1ccccc1Br)C(C#N)=C(N)O2. The lowest BCUT2D eigenvalue weighted by Gasteiger charge is -2.27. The number of hydrogen-bond donors (Lipinski definition) is 1. The molecule has 1 aliphatic heterocycles. The lowest BCUT2D eigenvalue weighted by molar-refractivity contribution is 0.389. The largest absolute Gasteiger partial charge is 0.440 e. The zero-order valence-electron chi connectivity index (χ0n) is 12.6. The van der Waals surface area contributed by atoms with Crippen LogP contribution in [-0.4, -0.2) is 4.57 Å². The highest BCUT2D eigenvalue weighted by Gasteiger charge is 2.34. The molecule has 0 bridgehead atoms. The first-order valence-electron chi connectivity index (χ1n) is 6.98. The molecule has 1 aromatic heterocycles. The highest BCUT2D eigenvalue weighted by molar-refractivity contribution is 9.10. The van der Waals surface area contributed by atoms with E-state index >= 15 is 0 Å². The van der Waals surface area contributed by atoms with Crippen molar-refractivity contribution in [3.63, 3.8) is 0 Å². The Morgan fingerprint density at radius 1 is 1.39 bits per heavy atom. The number of aromatic nitrogens is 1. The van der Waals surface area contributed by atoms with Gasteiger partial charge < -0.3 is 15.0 Å². The third kappa shape index (κ3) is 2.34. The molecule has 0 saturated carbocycles. The van der Waals surface area contributed by atoms with Crippen molar-refractivity contribution in [1.82, 2.24) is 4.57 Å². The normalized spacial score (nSPS) is 16.5. The molecule has 0 saturated heterocycles. The van der Waals surface area contributed by atoms with E-state index in [1.165, 1.54) is 0 Å². The molecule has 0 spiro atoms. The van der Waals surface area contributed by atoms with E-state index in [-0.39, 0.29) is 17.0 Å². The van der Waals surface area contributed by atoms with Gasteiger partial charge in [0.15, 0.2) is 0 Å². The van der Waals surface area contributed by atoms with Crippen molar-refractivity contribution in [2.24, 2.45) is 12.8 Å². The van der Waals surface area contributed by atoms with Crippen molar-refractivity contribution in [3.05, 3.63) is 73.4 Å². The van der Waals surface area contributed by atoms with E-state index in [1.54, 1.807) is 17.7 Å². The Hall–Kier alpha value is -2.52. The van der Waals surface area contributed by atoms with Gasteiger partial charge in [0.25, 0.3) is 5.56 Å². The van der Waals surface area contributed by atoms with Gasteiger partial charge >= 0.3 is 0 Å². The first kappa shape index (κ1) is 15.4. The topological polar surface area (TPSA) is 81.0 Å². The lowest BCUT2D eigenvalue weighted by atomic mass is 9.84. The summed E-state index contributed by atoms with van der Waals surface area (Å²) in [6, 6.07) is 11.3. The molecule has 6 heteroatoms. The summed E-state index contributed by atoms with van der Waals surface area (Å²) in [6.07, 6.45) is 0. The molecule has 0 unspecified atom stereocenters. The number of nitriles is 1. The quantitative estimate of drug-likeness (QED) is 0.835. The van der Waals surface area contributed by atoms with Gasteiger partial charge in [-0.25, -0.2) is 0 Å². The lowest BCUT2D eigenvalue weighted by Crippen LogP contribution is -2.31. The van der Waals surface area contributed by atoms with Crippen LogP contribution in [0.4, 0.5) is 0 Å². The molecule has 1 atom stereocenters. The minimum Gasteiger partial charge on any atom is -0.440 e. The van der Waals surface area contributed by atoms with E-state index in [9.17, 15) is 10.1 Å². The van der Waals surface area contributed by atoms with Crippen LogP contribution < -0.4 is 16.0 Å². The van der Waals surface area contributed by atoms with Crippen LogP contribution in [0.15, 0.2) is 51.1 Å². The van der Waals surface area contributed by atoms with Crippen LogP contribution >= 0.6 is 15.9 Å². The zero-order chi connectivity index (χ0) is 16.7. The number of halogens is 1. The van der Waals surface area contributed by atoms with Crippen LogP contribution in [0, 0.1) is 18.3 Å². The fourth-order valence-corrected chi connectivity index (χ4v) is 3.27. The summed E-state index contributed by atoms with van der Waals surface area (Å²) in [5.41, 5.74) is 7.97. The second-order valence-corrected chi connectivity index (χ2v) is 6.23. The molecule has 1 aliphatic rings. The van der Waals surface area contributed by atoms with Crippen molar-refractivity contribution >= 4 is 15.9 Å². The molecule has 1 aromatic carbocycles. The Morgan fingerprint density at radius 2 is 2.09 bits per heavy atom. The van der Waals surface area contributed by atoms with Crippen molar-refractivity contribution in [1.29, 1.82) is 5.26 Å². The summed E-state index contributed by atoms with van der Waals surface area (Å²) in [5.74, 6) is -0.116. The number of hydrogen-bond acceptors (Lipinski definition) is 4. The van der Waals surface area contributed by atoms with E-state index in [1.807, 2.05) is 31.2 Å². The Bertz CT molecular complexity index is 938. The molecule has 0 aliphatic carbocycles. The van der Waals surface area contributed by atoms with Crippen LogP contribution in [0.1, 0.15) is 22.7 Å². The average molecular weight is 372 g/mol. The first-order chi connectivity index (χ1) is 11.0. The fraction of sp³-hybridized carbons (Fsp3) is 0.176. The smallest absolute Gasteiger partial charge is 0.258 e. The van der Waals surface area contributed by atoms with Gasteiger partial charge in [-0.15, -0.1) is 0 Å². The maximum Gasteiger partial charge on any atom is 0.258 e. The first-order valence-corrected chi connectivity index (χ1v) is 7.77. The Balaban J connectivity index is 2.39. The second-order valence-electron chi connectivity index (χ2n) is 5.37. The number of benzene rings is 1. The molecule has 23 heavy (non-hydrogen) atoms. The zero-order valence-corrected chi connectivity index (χ0v) is 14.2. The average Bonchev–Trinajstić information content (AvgIpc) is 2.52. The van der Waals surface area contributed by atoms with Gasteiger partial charge in [-0.2, -0.15) is 5.26 Å². The van der Waals surface area contributed by atoms with Crippen molar-refractivity contribution in [2.75, 3.05) is 0 Å². The molecule has 0 radical (unpaired) electrons. The third-order valence-electron chi connectivity index (χ3n) is 4.07. The summed E-state index contributed by atoms with van der Waals surface area (Å²) in [6.45, 7) is 1.82. The standard InChI is InChI=1S/C17H14BrN3O2/c1-9-7-13-15(17(22)21(9)2)14(11(8-19)16(20)23-13)10-5-3-4-6-12(10)18/h3-7,14H,20H2,1-2H3/t14-/m1/s1. The Kier molecular flexibility index (Phi) is 3.74. The highest BCUT2D eigenvalue weighted by Crippen LogP contribution is 2.42. The van der Waals surface area contributed by atoms with E-state index < -0.39 is 5.92 Å². The van der Waals surface area contributed by atoms with Gasteiger partial charge in [-0.1, -0.05) is 34.1 Å². The predicted octanol–water partition coefficient (Wildman–Crippen LogP) is 2.67. The molecular weight excluding hydrogens is 358 g/mol. The van der Waals surface area contributed by atoms with Gasteiger partial charge in [-0.05, 0) is 18.6 Å². The number of fused-ring (bicyclic) bond motifs is 1. The number of nitrogens with two attached hydrogens (primary N) is 1. The monoisotopic (exact) mass is 371 g/mol. The van der Waals surface area contributed by atoms with E-state index in [2.05, 4.69) is 22.0 Å². The second kappa shape index (κ2) is 5.60. The van der Waals surface area contributed by atoms with Crippen LogP contribution in [0.3, 0.4) is 0 Å². The Labute approximate surface area is 141 Å². The van der Waals surface area contributed by atoms with E-state index in [0.717, 1.165) is 15.7 Å². The molecule has 2 N–H and O–H groups in total. The number of rotatable bonds is 1. The molecule has 2 heterocycles. The highest BCUT2D eigenvalue weighted by atomic mass is 79.9. The number of aryl methyl sites for hydroxylation is 1. The summed E-state index contributed by atoms with van der Waals surface area (Å²) >= 11 is 3.50. The fourth-order valence-electron chi connectivity index (χ4n) is 2.76. The molecular formula is C17H14BrN3O2. The third-order valence-corrected chi connectivity index (χ3v) is 4.79. The molecule has 116 valence electrons. The molecule has 0 amide bonds. The van der Waals surface area contributed by atoms with Gasteiger partial charge in [0, 0.05) is 23.3 Å². The van der Waals surface area contributed by atoms with Crippen molar-refractivity contribution in [2.45, 2.75) is 12.8 Å². The number of allylic oxidation sites excluding steroid dienone is 1. The van der Waals surface area contributed by atoms with Crippen LogP contribution in [0.5, 0.6) is 5.75 Å². The van der Waals surface area contributed by atoms with Gasteiger partial charge in [0.2, 0.25) is 5.88 Å².